The molecule has 1 aliphatic rings. The number of benzene rings is 1. The van der Waals surface area contributed by atoms with Crippen LogP contribution in [-0.4, -0.2) is 30.3 Å². The average Bonchev–Trinajstić information content (AvgIpc) is 2.30. The fourth-order valence-electron chi connectivity index (χ4n) is 1.57. The molecule has 0 radical (unpaired) electrons. The molecule has 2 rings (SSSR count). The Hall–Kier alpha value is -2.04. The second-order valence-corrected chi connectivity index (χ2v) is 3.47. The van der Waals surface area contributed by atoms with Gasteiger partial charge in [-0.3, -0.25) is 4.90 Å². The van der Waals surface area contributed by atoms with E-state index in [1.54, 1.807) is 12.1 Å². The molecule has 1 aliphatic heterocycles. The highest BCUT2D eigenvalue weighted by molar-refractivity contribution is 5.91. The van der Waals surface area contributed by atoms with Crippen LogP contribution in [0.2, 0.25) is 0 Å². The summed E-state index contributed by atoms with van der Waals surface area (Å²) in [5.74, 6) is -0.979. The van der Waals surface area contributed by atoms with Gasteiger partial charge in [0.05, 0.1) is 12.2 Å². The smallest absolute Gasteiger partial charge is 0.414 e. The number of amides is 1. The molecule has 1 heterocycles. The molecule has 0 aliphatic carbocycles. The Morgan fingerprint density at radius 1 is 1.31 bits per heavy atom. The van der Waals surface area contributed by atoms with Crippen LogP contribution in [0.4, 0.5) is 10.5 Å². The molecule has 5 heteroatoms. The molecule has 1 saturated heterocycles. The van der Waals surface area contributed by atoms with Crippen molar-refractivity contribution in [3.8, 4) is 0 Å². The maximum atomic E-state index is 11.4. The molecule has 1 N–H and O–H groups in total. The molecule has 0 unspecified atom stereocenters. The number of anilines is 1. The SMILES string of the molecule is O=C(O)c1ccc(N2CCCOC2=O)cc1. The number of carbonyl (C=O) groups is 2. The number of carbonyl (C=O) groups excluding carboxylic acids is 1. The van der Waals surface area contributed by atoms with E-state index in [1.807, 2.05) is 0 Å². The molecule has 0 atom stereocenters. The van der Waals surface area contributed by atoms with E-state index in [1.165, 1.54) is 17.0 Å². The van der Waals surface area contributed by atoms with Crippen molar-refractivity contribution >= 4 is 17.7 Å². The van der Waals surface area contributed by atoms with E-state index >= 15 is 0 Å². The number of carboxylic acids is 1. The summed E-state index contributed by atoms with van der Waals surface area (Å²) >= 11 is 0. The van der Waals surface area contributed by atoms with Crippen molar-refractivity contribution in [1.29, 1.82) is 0 Å². The quantitative estimate of drug-likeness (QED) is 0.825. The van der Waals surface area contributed by atoms with E-state index in [-0.39, 0.29) is 11.7 Å². The molecule has 0 bridgehead atoms. The molecule has 1 aromatic carbocycles. The molecule has 16 heavy (non-hydrogen) atoms. The zero-order valence-corrected chi connectivity index (χ0v) is 8.55. The first-order valence-corrected chi connectivity index (χ1v) is 4.96. The summed E-state index contributed by atoms with van der Waals surface area (Å²) in [7, 11) is 0. The monoisotopic (exact) mass is 221 g/mol. The molecule has 84 valence electrons. The van der Waals surface area contributed by atoms with Crippen molar-refractivity contribution in [3.63, 3.8) is 0 Å². The fourth-order valence-corrected chi connectivity index (χ4v) is 1.57. The average molecular weight is 221 g/mol. The lowest BCUT2D eigenvalue weighted by Crippen LogP contribution is -2.37. The van der Waals surface area contributed by atoms with Crippen LogP contribution in [0.3, 0.4) is 0 Å². The number of nitrogens with zero attached hydrogens (tertiary/aromatic N) is 1. The number of aromatic carboxylic acids is 1. The van der Waals surface area contributed by atoms with E-state index < -0.39 is 5.97 Å². The van der Waals surface area contributed by atoms with Crippen LogP contribution in [0.25, 0.3) is 0 Å². The van der Waals surface area contributed by atoms with Gasteiger partial charge in [-0.05, 0) is 30.7 Å². The van der Waals surface area contributed by atoms with Crippen molar-refractivity contribution in [2.24, 2.45) is 0 Å². The highest BCUT2D eigenvalue weighted by Crippen LogP contribution is 2.19. The van der Waals surface area contributed by atoms with Crippen LogP contribution in [-0.2, 0) is 4.74 Å². The molecule has 0 saturated carbocycles. The summed E-state index contributed by atoms with van der Waals surface area (Å²) in [4.78, 5) is 23.5. The van der Waals surface area contributed by atoms with Crippen LogP contribution < -0.4 is 4.90 Å². The Morgan fingerprint density at radius 2 is 2.00 bits per heavy atom. The summed E-state index contributed by atoms with van der Waals surface area (Å²) in [6.45, 7) is 1.05. The van der Waals surface area contributed by atoms with Crippen LogP contribution in [0.1, 0.15) is 16.8 Å². The van der Waals surface area contributed by atoms with Gasteiger partial charge in [-0.25, -0.2) is 9.59 Å². The lowest BCUT2D eigenvalue weighted by atomic mass is 10.2. The molecular formula is C11H11NO4. The van der Waals surface area contributed by atoms with Gasteiger partial charge in [0.15, 0.2) is 0 Å². The number of hydrogen-bond donors (Lipinski definition) is 1. The minimum Gasteiger partial charge on any atom is -0.478 e. The number of carboxylic acid groups (broad SMARTS) is 1. The maximum Gasteiger partial charge on any atom is 0.414 e. The minimum atomic E-state index is -0.979. The third-order valence-electron chi connectivity index (χ3n) is 2.40. The highest BCUT2D eigenvalue weighted by Gasteiger charge is 2.21. The maximum absolute atomic E-state index is 11.4. The largest absolute Gasteiger partial charge is 0.478 e. The van der Waals surface area contributed by atoms with Crippen LogP contribution in [0, 0.1) is 0 Å². The summed E-state index contributed by atoms with van der Waals surface area (Å²) in [6, 6.07) is 6.16. The topological polar surface area (TPSA) is 66.8 Å². The number of hydrogen-bond acceptors (Lipinski definition) is 3. The van der Waals surface area contributed by atoms with Crippen LogP contribution >= 0.6 is 0 Å². The first-order valence-electron chi connectivity index (χ1n) is 4.96. The fraction of sp³-hybridized carbons (Fsp3) is 0.273. The van der Waals surface area contributed by atoms with Crippen LogP contribution in [0.5, 0.6) is 0 Å². The first kappa shape index (κ1) is 10.5. The lowest BCUT2D eigenvalue weighted by Gasteiger charge is -2.26. The normalized spacial score (nSPS) is 15.8. The lowest BCUT2D eigenvalue weighted by molar-refractivity contribution is 0.0697. The molecule has 1 aromatic rings. The molecular weight excluding hydrogens is 210 g/mol. The summed E-state index contributed by atoms with van der Waals surface area (Å²) in [5, 5.41) is 8.73. The number of cyclic esters (lactones) is 1. The third kappa shape index (κ3) is 1.98. The molecule has 1 fully saturated rings. The minimum absolute atomic E-state index is 0.203. The van der Waals surface area contributed by atoms with Crippen molar-refractivity contribution in [1.82, 2.24) is 0 Å². The first-order chi connectivity index (χ1) is 7.68. The van der Waals surface area contributed by atoms with Gasteiger partial charge in [-0.15, -0.1) is 0 Å². The van der Waals surface area contributed by atoms with Gasteiger partial charge in [0.2, 0.25) is 0 Å². The molecule has 1 amide bonds. The van der Waals surface area contributed by atoms with Gasteiger partial charge in [-0.2, -0.15) is 0 Å². The van der Waals surface area contributed by atoms with Crippen LogP contribution in [0.15, 0.2) is 24.3 Å². The van der Waals surface area contributed by atoms with Crippen molar-refractivity contribution in [2.75, 3.05) is 18.1 Å². The van der Waals surface area contributed by atoms with Crippen molar-refractivity contribution < 1.29 is 19.4 Å². The van der Waals surface area contributed by atoms with Crippen molar-refractivity contribution in [2.45, 2.75) is 6.42 Å². The van der Waals surface area contributed by atoms with E-state index in [9.17, 15) is 9.59 Å². The Morgan fingerprint density at radius 3 is 2.56 bits per heavy atom. The van der Waals surface area contributed by atoms with Gasteiger partial charge in [0.25, 0.3) is 0 Å². The van der Waals surface area contributed by atoms with E-state index in [0.29, 0.717) is 18.8 Å². The summed E-state index contributed by atoms with van der Waals surface area (Å²) < 4.78 is 4.89. The zero-order chi connectivity index (χ0) is 11.5. The van der Waals surface area contributed by atoms with Gasteiger partial charge in [0, 0.05) is 12.2 Å². The second kappa shape index (κ2) is 4.22. The van der Waals surface area contributed by atoms with Crippen molar-refractivity contribution in [3.05, 3.63) is 29.8 Å². The zero-order valence-electron chi connectivity index (χ0n) is 8.55. The molecule has 5 nitrogen and oxygen atoms in total. The van der Waals surface area contributed by atoms with Gasteiger partial charge >= 0.3 is 12.1 Å². The third-order valence-corrected chi connectivity index (χ3v) is 2.40. The predicted octanol–water partition coefficient (Wildman–Crippen LogP) is 1.73. The standard InChI is InChI=1S/C11H11NO4/c13-10(14)8-2-4-9(5-3-8)12-6-1-7-16-11(12)15/h2-5H,1,6-7H2,(H,13,14). The summed E-state index contributed by atoms with van der Waals surface area (Å²) in [5.41, 5.74) is 0.865. The highest BCUT2D eigenvalue weighted by atomic mass is 16.6. The molecule has 0 aromatic heterocycles. The Labute approximate surface area is 92.2 Å². The second-order valence-electron chi connectivity index (χ2n) is 3.47. The Bertz CT molecular complexity index is 412. The number of ether oxygens (including phenoxy) is 1. The predicted molar refractivity (Wildman–Crippen MR) is 56.7 cm³/mol. The van der Waals surface area contributed by atoms with E-state index in [4.69, 9.17) is 9.84 Å². The van der Waals surface area contributed by atoms with E-state index in [2.05, 4.69) is 0 Å². The molecule has 0 spiro atoms. The van der Waals surface area contributed by atoms with Gasteiger partial charge in [0.1, 0.15) is 0 Å². The van der Waals surface area contributed by atoms with Gasteiger partial charge < -0.3 is 9.84 Å². The van der Waals surface area contributed by atoms with E-state index in [0.717, 1.165) is 6.42 Å². The Kier molecular flexibility index (Phi) is 2.76. The van der Waals surface area contributed by atoms with Gasteiger partial charge in [-0.1, -0.05) is 0 Å². The summed E-state index contributed by atoms with van der Waals surface area (Å²) in [6.07, 6.45) is 0.404. The Balaban J connectivity index is 2.20. The number of rotatable bonds is 2.